The summed E-state index contributed by atoms with van der Waals surface area (Å²) in [6.07, 6.45) is 0.514. The summed E-state index contributed by atoms with van der Waals surface area (Å²) in [5.41, 5.74) is 0.384. The Kier molecular flexibility index (Phi) is 3.05. The van der Waals surface area contributed by atoms with E-state index in [0.717, 1.165) is 0 Å². The molecule has 0 saturated carbocycles. The van der Waals surface area contributed by atoms with E-state index in [1.165, 1.54) is 18.2 Å². The van der Waals surface area contributed by atoms with Gasteiger partial charge in [0.1, 0.15) is 5.82 Å². The molecule has 0 spiro atoms. The molecule has 1 aromatic rings. The Balaban J connectivity index is 2.82. The molecule has 0 aliphatic rings. The van der Waals surface area contributed by atoms with Crippen molar-refractivity contribution in [3.8, 4) is 0 Å². The zero-order valence-electron chi connectivity index (χ0n) is 6.18. The number of rotatable bonds is 3. The lowest BCUT2D eigenvalue weighted by Crippen LogP contribution is -2.10. The minimum absolute atomic E-state index is 0.163. The number of hydrogen-bond acceptors (Lipinski definition) is 1. The monoisotopic (exact) mass is 187 g/mol. The lowest BCUT2D eigenvalue weighted by molar-refractivity contribution is -0.109. The van der Waals surface area contributed by atoms with Crippen LogP contribution in [0.25, 0.3) is 0 Å². The molecule has 0 aliphatic heterocycles. The van der Waals surface area contributed by atoms with E-state index in [-0.39, 0.29) is 12.4 Å². The number of halogens is 2. The molecule has 0 aliphatic carbocycles. The van der Waals surface area contributed by atoms with Gasteiger partial charge in [0.15, 0.2) is 0 Å². The second-order valence-corrected chi connectivity index (χ2v) is 2.67. The van der Waals surface area contributed by atoms with Gasteiger partial charge >= 0.3 is 0 Å². The van der Waals surface area contributed by atoms with Gasteiger partial charge in [0, 0.05) is 17.1 Å². The maximum Gasteiger partial charge on any atom is 0.207 e. The van der Waals surface area contributed by atoms with Gasteiger partial charge in [-0.15, -0.1) is 0 Å². The summed E-state index contributed by atoms with van der Waals surface area (Å²) >= 11 is 5.61. The van der Waals surface area contributed by atoms with Crippen molar-refractivity contribution in [2.45, 2.75) is 6.54 Å². The Bertz CT molecular complexity index is 290. The van der Waals surface area contributed by atoms with Crippen LogP contribution in [0.1, 0.15) is 5.56 Å². The molecule has 1 aromatic carbocycles. The molecule has 4 heteroatoms. The maximum absolute atomic E-state index is 12.9. The van der Waals surface area contributed by atoms with Crippen molar-refractivity contribution < 1.29 is 9.18 Å². The van der Waals surface area contributed by atoms with E-state index in [9.17, 15) is 9.18 Å². The highest BCUT2D eigenvalue weighted by Crippen LogP contribution is 2.14. The number of amides is 1. The van der Waals surface area contributed by atoms with Gasteiger partial charge in [-0.3, -0.25) is 4.79 Å². The minimum Gasteiger partial charge on any atom is -0.354 e. The summed E-state index contributed by atoms with van der Waals surface area (Å²) in [7, 11) is 0. The van der Waals surface area contributed by atoms with E-state index in [0.29, 0.717) is 17.0 Å². The first-order chi connectivity index (χ1) is 5.74. The van der Waals surface area contributed by atoms with E-state index in [1.807, 2.05) is 0 Å². The van der Waals surface area contributed by atoms with Crippen molar-refractivity contribution >= 4 is 18.0 Å². The van der Waals surface area contributed by atoms with Crippen LogP contribution in [0.3, 0.4) is 0 Å². The predicted octanol–water partition coefficient (Wildman–Crippen LogP) is 1.73. The molecular weight excluding hydrogens is 181 g/mol. The molecule has 0 radical (unpaired) electrons. The molecule has 1 N–H and O–H groups in total. The van der Waals surface area contributed by atoms with Crippen LogP contribution in [-0.2, 0) is 11.3 Å². The molecule has 0 atom stereocenters. The Morgan fingerprint density at radius 1 is 1.58 bits per heavy atom. The van der Waals surface area contributed by atoms with E-state index in [4.69, 9.17) is 11.6 Å². The van der Waals surface area contributed by atoms with Crippen molar-refractivity contribution in [1.29, 1.82) is 0 Å². The van der Waals surface area contributed by atoms with Crippen molar-refractivity contribution in [1.82, 2.24) is 5.32 Å². The fourth-order valence-corrected chi connectivity index (χ4v) is 1.03. The molecule has 0 fully saturated rings. The van der Waals surface area contributed by atoms with Crippen molar-refractivity contribution in [3.05, 3.63) is 34.6 Å². The number of benzene rings is 1. The number of carbonyl (C=O) groups excluding carboxylic acids is 1. The molecular formula is C8H7ClFNO. The summed E-state index contributed by atoms with van der Waals surface area (Å²) < 4.78 is 12.9. The molecule has 0 heterocycles. The van der Waals surface area contributed by atoms with Crippen LogP contribution < -0.4 is 5.32 Å². The first kappa shape index (κ1) is 9.00. The van der Waals surface area contributed by atoms with Gasteiger partial charge in [0.05, 0.1) is 0 Å². The summed E-state index contributed by atoms with van der Waals surface area (Å²) in [6, 6.07) is 4.21. The lowest BCUT2D eigenvalue weighted by atomic mass is 10.2. The highest BCUT2D eigenvalue weighted by molar-refractivity contribution is 6.30. The maximum atomic E-state index is 12.9. The second kappa shape index (κ2) is 4.07. The van der Waals surface area contributed by atoms with E-state index in [2.05, 4.69) is 5.32 Å². The van der Waals surface area contributed by atoms with Crippen molar-refractivity contribution in [2.75, 3.05) is 0 Å². The molecule has 64 valence electrons. The fraction of sp³-hybridized carbons (Fsp3) is 0.125. The molecule has 0 aromatic heterocycles. The zero-order chi connectivity index (χ0) is 8.97. The van der Waals surface area contributed by atoms with Crippen molar-refractivity contribution in [3.63, 3.8) is 0 Å². The lowest BCUT2D eigenvalue weighted by Gasteiger charge is -2.01. The second-order valence-electron chi connectivity index (χ2n) is 2.23. The average Bonchev–Trinajstić information content (AvgIpc) is 2.07. The highest BCUT2D eigenvalue weighted by Gasteiger charge is 2.00. The van der Waals surface area contributed by atoms with Gasteiger partial charge in [-0.1, -0.05) is 11.6 Å². The zero-order valence-corrected chi connectivity index (χ0v) is 6.94. The van der Waals surface area contributed by atoms with E-state index in [1.54, 1.807) is 0 Å². The van der Waals surface area contributed by atoms with Crippen molar-refractivity contribution in [2.24, 2.45) is 0 Å². The summed E-state index contributed by atoms with van der Waals surface area (Å²) in [4.78, 5) is 9.91. The number of carbonyl (C=O) groups is 1. The van der Waals surface area contributed by atoms with Gasteiger partial charge < -0.3 is 5.32 Å². The Hall–Kier alpha value is -1.09. The molecule has 12 heavy (non-hydrogen) atoms. The van der Waals surface area contributed by atoms with Gasteiger partial charge in [0.25, 0.3) is 0 Å². The smallest absolute Gasteiger partial charge is 0.207 e. The largest absolute Gasteiger partial charge is 0.354 e. The molecule has 1 rings (SSSR count). The van der Waals surface area contributed by atoms with Crippen LogP contribution >= 0.6 is 11.6 Å². The summed E-state index contributed by atoms with van der Waals surface area (Å²) in [5.74, 6) is -0.367. The third-order valence-electron chi connectivity index (χ3n) is 1.38. The third-order valence-corrected chi connectivity index (χ3v) is 1.62. The van der Waals surface area contributed by atoms with Crippen LogP contribution in [0.2, 0.25) is 5.02 Å². The standard InChI is InChI=1S/C8H7ClFNO/c9-7-1-2-8(10)6(3-7)4-11-5-12/h1-3,5H,4H2,(H,11,12). The molecule has 0 bridgehead atoms. The topological polar surface area (TPSA) is 29.1 Å². The van der Waals surface area contributed by atoms with Crippen LogP contribution in [-0.4, -0.2) is 6.41 Å². The Morgan fingerprint density at radius 2 is 2.33 bits per heavy atom. The van der Waals surface area contributed by atoms with Gasteiger partial charge in [-0.2, -0.15) is 0 Å². The van der Waals surface area contributed by atoms with Gasteiger partial charge in [-0.25, -0.2) is 4.39 Å². The average molecular weight is 188 g/mol. The quantitative estimate of drug-likeness (QED) is 0.718. The minimum atomic E-state index is -0.367. The van der Waals surface area contributed by atoms with E-state index >= 15 is 0 Å². The third kappa shape index (κ3) is 2.20. The van der Waals surface area contributed by atoms with Gasteiger partial charge in [0.2, 0.25) is 6.41 Å². The molecule has 2 nitrogen and oxygen atoms in total. The number of hydrogen-bond donors (Lipinski definition) is 1. The molecule has 0 saturated heterocycles. The van der Waals surface area contributed by atoms with Crippen LogP contribution in [0.4, 0.5) is 4.39 Å². The number of nitrogens with one attached hydrogen (secondary N) is 1. The fourth-order valence-electron chi connectivity index (χ4n) is 0.830. The molecule has 0 unspecified atom stereocenters. The highest BCUT2D eigenvalue weighted by atomic mass is 35.5. The van der Waals surface area contributed by atoms with Crippen LogP contribution in [0.15, 0.2) is 18.2 Å². The summed E-state index contributed by atoms with van der Waals surface area (Å²) in [5, 5.41) is 2.81. The Morgan fingerprint density at radius 3 is 3.00 bits per heavy atom. The first-order valence-corrected chi connectivity index (χ1v) is 3.73. The SMILES string of the molecule is O=CNCc1cc(Cl)ccc1F. The molecule has 1 amide bonds. The first-order valence-electron chi connectivity index (χ1n) is 3.35. The summed E-state index contributed by atoms with van der Waals surface area (Å²) in [6.45, 7) is 0.163. The van der Waals surface area contributed by atoms with E-state index < -0.39 is 0 Å². The van der Waals surface area contributed by atoms with Gasteiger partial charge in [-0.05, 0) is 18.2 Å². The normalized spacial score (nSPS) is 9.50. The predicted molar refractivity (Wildman–Crippen MR) is 44.3 cm³/mol. The van der Waals surface area contributed by atoms with Crippen LogP contribution in [0, 0.1) is 5.82 Å². The Labute approximate surface area is 74.3 Å². The van der Waals surface area contributed by atoms with Crippen LogP contribution in [0.5, 0.6) is 0 Å².